The summed E-state index contributed by atoms with van der Waals surface area (Å²) in [5.74, 6) is -5.16. The summed E-state index contributed by atoms with van der Waals surface area (Å²) in [6.45, 7) is -1.91. The third kappa shape index (κ3) is 10.5. The van der Waals surface area contributed by atoms with E-state index in [-0.39, 0.29) is 58.5 Å². The number of carbonyl (C=O) groups is 2. The highest BCUT2D eigenvalue weighted by Crippen LogP contribution is 2.40. The van der Waals surface area contributed by atoms with Crippen molar-refractivity contribution in [1.29, 1.82) is 0 Å². The lowest BCUT2D eigenvalue weighted by Crippen LogP contribution is -2.70. The summed E-state index contributed by atoms with van der Waals surface area (Å²) in [5.41, 5.74) is -3.63. The van der Waals surface area contributed by atoms with Crippen LogP contribution < -0.4 is 9.80 Å². The van der Waals surface area contributed by atoms with Crippen LogP contribution in [0, 0.1) is 0 Å². The van der Waals surface area contributed by atoms with Gasteiger partial charge in [-0.25, -0.2) is 34.7 Å². The Hall–Kier alpha value is -8.13. The molecule has 0 bridgehead atoms. The maximum absolute atomic E-state index is 13.1. The summed E-state index contributed by atoms with van der Waals surface area (Å²) in [4.78, 5) is 69.4. The van der Waals surface area contributed by atoms with Crippen LogP contribution in [0.3, 0.4) is 0 Å². The van der Waals surface area contributed by atoms with Gasteiger partial charge >= 0.3 is 36.3 Å². The fraction of sp³-hybridized carbons (Fsp3) is 0.211. The molecule has 0 spiro atoms. The van der Waals surface area contributed by atoms with Crippen LogP contribution in [0.1, 0.15) is 42.5 Å². The zero-order chi connectivity index (χ0) is 50.0. The van der Waals surface area contributed by atoms with Crippen LogP contribution in [0.5, 0.6) is 0 Å². The number of carboxylic acids is 1. The van der Waals surface area contributed by atoms with Crippen molar-refractivity contribution in [2.24, 2.45) is 0 Å². The number of alkyl halides is 9. The summed E-state index contributed by atoms with van der Waals surface area (Å²) in [6, 6.07) is 6.23. The Balaban J connectivity index is 0.000000193. The second kappa shape index (κ2) is 19.1. The number of aromatic nitrogens is 12. The summed E-state index contributed by atoms with van der Waals surface area (Å²) >= 11 is 2.13. The number of thiophene rings is 2. The van der Waals surface area contributed by atoms with Crippen LogP contribution in [0.4, 0.5) is 62.8 Å². The normalized spacial score (nSPS) is 13.5. The minimum Gasteiger partial charge on any atom is -0.476 e. The van der Waals surface area contributed by atoms with E-state index in [9.17, 15) is 59.3 Å². The van der Waals surface area contributed by atoms with E-state index >= 15 is 0 Å². The van der Waals surface area contributed by atoms with Gasteiger partial charge in [0.05, 0.1) is 48.3 Å². The summed E-state index contributed by atoms with van der Waals surface area (Å²) in [5, 5.41) is 25.9. The second-order valence-electron chi connectivity index (χ2n) is 14.1. The van der Waals surface area contributed by atoms with Crippen LogP contribution in [-0.2, 0) is 25.4 Å². The predicted molar refractivity (Wildman–Crippen MR) is 219 cm³/mol. The van der Waals surface area contributed by atoms with Crippen molar-refractivity contribution in [3.8, 4) is 21.4 Å². The third-order valence-corrected chi connectivity index (χ3v) is 11.5. The molecule has 0 radical (unpaired) electrons. The Morgan fingerprint density at radius 3 is 1.46 bits per heavy atom. The van der Waals surface area contributed by atoms with Gasteiger partial charge in [-0.05, 0) is 24.3 Å². The number of carboxylic acid groups (broad SMARTS) is 1. The number of carbonyl (C=O) groups excluding carboxylic acids is 1. The Labute approximate surface area is 391 Å². The van der Waals surface area contributed by atoms with E-state index in [1.807, 2.05) is 0 Å². The number of anilines is 4. The minimum absolute atomic E-state index is 0.0318. The molecule has 2 N–H and O–H groups in total. The monoisotopic (exact) mass is 1020 g/mol. The molecule has 1 amide bonds. The van der Waals surface area contributed by atoms with Gasteiger partial charge < -0.3 is 34.0 Å². The van der Waals surface area contributed by atoms with Gasteiger partial charge in [0.25, 0.3) is 5.91 Å². The number of aromatic carboxylic acids is 1. The molecule has 9 rings (SSSR count). The van der Waals surface area contributed by atoms with Crippen LogP contribution in [0.25, 0.3) is 21.4 Å². The van der Waals surface area contributed by atoms with Crippen molar-refractivity contribution >= 4 is 57.8 Å². The second-order valence-corrected chi connectivity index (χ2v) is 16.5. The van der Waals surface area contributed by atoms with E-state index in [1.165, 1.54) is 83.9 Å². The zero-order valence-electron chi connectivity index (χ0n) is 34.4. The van der Waals surface area contributed by atoms with Gasteiger partial charge in [0, 0.05) is 59.3 Å². The summed E-state index contributed by atoms with van der Waals surface area (Å²) in [7, 11) is 0. The fourth-order valence-corrected chi connectivity index (χ4v) is 8.01. The number of nitrogens with zero attached hydrogens (tertiary/aromatic N) is 15. The van der Waals surface area contributed by atoms with Gasteiger partial charge in [-0.3, -0.25) is 14.8 Å². The molecule has 8 aromatic rings. The number of halogens is 9. The molecule has 1 fully saturated rings. The topological polar surface area (TPSA) is 265 Å². The molecule has 0 aliphatic carbocycles. The van der Waals surface area contributed by atoms with E-state index in [1.54, 1.807) is 12.1 Å². The molecule has 0 saturated carbocycles. The molecule has 0 unspecified atom stereocenters. The molecule has 0 atom stereocenters. The average molecular weight is 1020 g/mol. The fourth-order valence-electron chi connectivity index (χ4n) is 6.16. The number of amides is 1. The van der Waals surface area contributed by atoms with Crippen LogP contribution in [0.2, 0.25) is 0 Å². The van der Waals surface area contributed by atoms with Gasteiger partial charge in [0.1, 0.15) is 0 Å². The van der Waals surface area contributed by atoms with E-state index in [0.717, 1.165) is 27.6 Å². The van der Waals surface area contributed by atoms with Crippen molar-refractivity contribution in [2.45, 2.75) is 37.2 Å². The Bertz CT molecular complexity index is 3110. The van der Waals surface area contributed by atoms with Crippen LogP contribution in [0.15, 0.2) is 95.3 Å². The molecule has 0 aromatic carbocycles. The molecular weight excluding hydrogens is 998 g/mol. The number of likely N-dealkylation sites (tertiary alicyclic amines) is 1. The molecule has 21 nitrogen and oxygen atoms in total. The maximum Gasteiger partial charge on any atom is 0.471 e. The molecule has 8 aromatic heterocycles. The first kappa shape index (κ1) is 48.3. The van der Waals surface area contributed by atoms with E-state index in [2.05, 4.69) is 69.2 Å². The first-order chi connectivity index (χ1) is 33.2. The van der Waals surface area contributed by atoms with Gasteiger partial charge in [0.15, 0.2) is 40.3 Å². The number of hydrogen-bond donors (Lipinski definition) is 2. The molecule has 1 aliphatic heterocycles. The van der Waals surface area contributed by atoms with Crippen LogP contribution >= 0.6 is 22.7 Å². The van der Waals surface area contributed by atoms with Crippen molar-refractivity contribution < 1.29 is 68.4 Å². The number of hydrogen-bond acceptors (Lipinski definition) is 21. The quantitative estimate of drug-likeness (QED) is 0.118. The summed E-state index contributed by atoms with van der Waals surface area (Å²) in [6.07, 6.45) is -1.05. The van der Waals surface area contributed by atoms with E-state index < -0.39 is 60.9 Å². The smallest absolute Gasteiger partial charge is 0.471 e. The van der Waals surface area contributed by atoms with Crippen molar-refractivity contribution in [3.05, 3.63) is 119 Å². The SMILES string of the molecule is O=C(O)c1nccnc1N(Cc1ccc(-c2noc(C(F)(F)F)n2)s1)c1cnccn1.O=C(c1nccnc1N(Cc1ccc(-c2noc(C(F)(F)F)n2)s1)c1cnccn1)N1CC(O)(C(F)(F)F)C1. The van der Waals surface area contributed by atoms with Crippen LogP contribution in [-0.4, -0.2) is 112 Å². The first-order valence-electron chi connectivity index (χ1n) is 19.2. The third-order valence-electron chi connectivity index (χ3n) is 9.38. The number of β-amino-alcohol motifs (C(OH)–C–C–N with tert-alkyl or cyclic N) is 1. The van der Waals surface area contributed by atoms with Gasteiger partial charge in [-0.1, -0.05) is 10.3 Å². The Morgan fingerprint density at radius 1 is 0.629 bits per heavy atom. The Kier molecular flexibility index (Phi) is 13.2. The number of rotatable bonds is 12. The van der Waals surface area contributed by atoms with Crippen molar-refractivity contribution in [1.82, 2.24) is 65.1 Å². The van der Waals surface area contributed by atoms with Gasteiger partial charge in [-0.2, -0.15) is 49.5 Å². The Morgan fingerprint density at radius 2 is 1.06 bits per heavy atom. The predicted octanol–water partition coefficient (Wildman–Crippen LogP) is 6.92. The standard InChI is InChI=1S/C21H14F6N8O3S.C17H10F3N7O3S/c22-20(23,24)18-32-15(33-38-18)12-2-1-11(39-12)8-35(13-7-28-3-4-29-13)16-14(30-5-6-31-16)17(36)34-9-19(37,10-34)21(25,26)27;18-17(19,20)16-25-13(26-30-16)10-2-1-9(31-10)8-27(11-7-21-3-4-22-11)14-12(15(28)29)23-5-6-24-14/h1-7,37H,8-10H2;1-7H,8H2,(H,28,29). The average Bonchev–Trinajstić information content (AvgIpc) is 4.17. The lowest BCUT2D eigenvalue weighted by atomic mass is 9.93. The highest BCUT2D eigenvalue weighted by Gasteiger charge is 2.62. The zero-order valence-corrected chi connectivity index (χ0v) is 36.0. The largest absolute Gasteiger partial charge is 0.476 e. The molecule has 1 aliphatic rings. The van der Waals surface area contributed by atoms with Crippen molar-refractivity contribution in [2.75, 3.05) is 22.9 Å². The highest BCUT2D eigenvalue weighted by molar-refractivity contribution is 7.15. The number of aliphatic hydroxyl groups is 1. The first-order valence-corrected chi connectivity index (χ1v) is 20.8. The molecule has 70 heavy (non-hydrogen) atoms. The van der Waals surface area contributed by atoms with Gasteiger partial charge in [-0.15, -0.1) is 22.7 Å². The minimum atomic E-state index is -4.92. The van der Waals surface area contributed by atoms with E-state index in [0.29, 0.717) is 20.4 Å². The summed E-state index contributed by atoms with van der Waals surface area (Å²) < 4.78 is 124. The highest BCUT2D eigenvalue weighted by atomic mass is 32.1. The molecule has 1 saturated heterocycles. The van der Waals surface area contributed by atoms with Gasteiger partial charge in [0.2, 0.25) is 11.6 Å². The molecular formula is C38H24F9N15O6S2. The maximum atomic E-state index is 13.1. The molecule has 32 heteroatoms. The lowest BCUT2D eigenvalue weighted by Gasteiger charge is -2.46. The molecule has 9 heterocycles. The van der Waals surface area contributed by atoms with Crippen molar-refractivity contribution in [3.63, 3.8) is 0 Å². The molecule has 362 valence electrons. The van der Waals surface area contributed by atoms with E-state index in [4.69, 9.17) is 0 Å². The lowest BCUT2D eigenvalue weighted by molar-refractivity contribution is -0.294.